The van der Waals surface area contributed by atoms with Gasteiger partial charge in [0.2, 0.25) is 0 Å². The number of carbonyl (C=O) groups excluding carboxylic acids is 1. The number of carbonyl (C=O) groups is 1. The van der Waals surface area contributed by atoms with Crippen LogP contribution in [0.2, 0.25) is 10.0 Å². The van der Waals surface area contributed by atoms with Gasteiger partial charge in [-0.05, 0) is 17.7 Å². The van der Waals surface area contributed by atoms with E-state index in [9.17, 15) is 4.79 Å². The van der Waals surface area contributed by atoms with E-state index in [4.69, 9.17) is 23.2 Å². The van der Waals surface area contributed by atoms with Gasteiger partial charge in [-0.1, -0.05) is 29.3 Å². The van der Waals surface area contributed by atoms with Crippen LogP contribution in [0.1, 0.15) is 5.56 Å². The number of benzene rings is 1. The number of halogens is 2. The molecule has 0 radical (unpaired) electrons. The van der Waals surface area contributed by atoms with Crippen LogP contribution in [0.15, 0.2) is 18.2 Å². The Hall–Kier alpha value is -0.530. The molecule has 0 fully saturated rings. The summed E-state index contributed by atoms with van der Waals surface area (Å²) in [4.78, 5) is 10.2. The normalized spacial score (nSPS) is 9.64. The van der Waals surface area contributed by atoms with Crippen LogP contribution in [0.5, 0.6) is 0 Å². The SMILES string of the molecule is O=CCc1c(Cl)cccc1Cl. The molecule has 0 unspecified atom stereocenters. The first-order chi connectivity index (χ1) is 5.25. The maximum absolute atomic E-state index is 10.2. The zero-order valence-electron chi connectivity index (χ0n) is 5.68. The second-order valence-electron chi connectivity index (χ2n) is 2.07. The minimum Gasteiger partial charge on any atom is -0.303 e. The van der Waals surface area contributed by atoms with Crippen molar-refractivity contribution in [1.29, 1.82) is 0 Å². The summed E-state index contributed by atoms with van der Waals surface area (Å²) in [5, 5.41) is 1.09. The van der Waals surface area contributed by atoms with E-state index in [-0.39, 0.29) is 6.42 Å². The Labute approximate surface area is 74.9 Å². The summed E-state index contributed by atoms with van der Waals surface area (Å²) in [6.07, 6.45) is 1.06. The summed E-state index contributed by atoms with van der Waals surface area (Å²) < 4.78 is 0. The third kappa shape index (κ3) is 1.95. The van der Waals surface area contributed by atoms with Crippen molar-refractivity contribution >= 4 is 29.5 Å². The lowest BCUT2D eigenvalue weighted by atomic mass is 10.2. The molecule has 1 rings (SSSR count). The number of rotatable bonds is 2. The average molecular weight is 189 g/mol. The quantitative estimate of drug-likeness (QED) is 0.653. The van der Waals surface area contributed by atoms with Crippen molar-refractivity contribution in [3.05, 3.63) is 33.8 Å². The molecule has 0 aliphatic carbocycles. The lowest BCUT2D eigenvalue weighted by Crippen LogP contribution is -1.87. The van der Waals surface area contributed by atoms with Crippen LogP contribution in [0.3, 0.4) is 0 Å². The minimum atomic E-state index is 0.276. The first-order valence-electron chi connectivity index (χ1n) is 3.12. The van der Waals surface area contributed by atoms with Crippen LogP contribution >= 0.6 is 23.2 Å². The van der Waals surface area contributed by atoms with E-state index in [1.165, 1.54) is 0 Å². The summed E-state index contributed by atoms with van der Waals surface area (Å²) >= 11 is 11.5. The van der Waals surface area contributed by atoms with Crippen LogP contribution in [-0.2, 0) is 11.2 Å². The molecule has 0 N–H and O–H groups in total. The topological polar surface area (TPSA) is 17.1 Å². The van der Waals surface area contributed by atoms with Crippen molar-refractivity contribution in [1.82, 2.24) is 0 Å². The van der Waals surface area contributed by atoms with E-state index in [1.54, 1.807) is 18.2 Å². The van der Waals surface area contributed by atoms with Gasteiger partial charge in [0, 0.05) is 16.5 Å². The molecule has 0 saturated carbocycles. The van der Waals surface area contributed by atoms with Gasteiger partial charge in [0.15, 0.2) is 0 Å². The smallest absolute Gasteiger partial charge is 0.124 e. The van der Waals surface area contributed by atoms with E-state index in [0.717, 1.165) is 6.29 Å². The molecule has 0 aromatic heterocycles. The Morgan fingerprint density at radius 2 is 1.82 bits per heavy atom. The Kier molecular flexibility index (Phi) is 2.92. The van der Waals surface area contributed by atoms with Gasteiger partial charge in [0.1, 0.15) is 6.29 Å². The highest BCUT2D eigenvalue weighted by molar-refractivity contribution is 6.36. The molecule has 0 aliphatic heterocycles. The fourth-order valence-corrected chi connectivity index (χ4v) is 1.36. The lowest BCUT2D eigenvalue weighted by Gasteiger charge is -2.00. The van der Waals surface area contributed by atoms with Crippen molar-refractivity contribution in [3.8, 4) is 0 Å². The summed E-state index contributed by atoms with van der Waals surface area (Å²) in [6, 6.07) is 5.18. The molecule has 0 heterocycles. The lowest BCUT2D eigenvalue weighted by molar-refractivity contribution is -0.107. The summed E-state index contributed by atoms with van der Waals surface area (Å²) in [6.45, 7) is 0. The van der Waals surface area contributed by atoms with Crippen molar-refractivity contribution in [2.45, 2.75) is 6.42 Å². The van der Waals surface area contributed by atoms with Crippen molar-refractivity contribution < 1.29 is 4.79 Å². The molecule has 0 amide bonds. The summed E-state index contributed by atoms with van der Waals surface area (Å²) in [7, 11) is 0. The second-order valence-corrected chi connectivity index (χ2v) is 2.89. The van der Waals surface area contributed by atoms with Gasteiger partial charge in [0.05, 0.1) is 0 Å². The van der Waals surface area contributed by atoms with E-state index in [1.807, 2.05) is 0 Å². The van der Waals surface area contributed by atoms with Gasteiger partial charge >= 0.3 is 0 Å². The highest BCUT2D eigenvalue weighted by atomic mass is 35.5. The molecule has 0 saturated heterocycles. The maximum atomic E-state index is 10.2. The highest BCUT2D eigenvalue weighted by Gasteiger charge is 2.02. The molecular weight excluding hydrogens is 183 g/mol. The van der Waals surface area contributed by atoms with Crippen molar-refractivity contribution in [2.75, 3.05) is 0 Å². The second kappa shape index (κ2) is 3.74. The molecule has 1 aromatic rings. The molecule has 58 valence electrons. The molecule has 1 nitrogen and oxygen atoms in total. The van der Waals surface area contributed by atoms with Crippen LogP contribution in [0, 0.1) is 0 Å². The first-order valence-corrected chi connectivity index (χ1v) is 3.88. The van der Waals surface area contributed by atoms with Gasteiger partial charge in [-0.3, -0.25) is 0 Å². The third-order valence-electron chi connectivity index (χ3n) is 1.35. The van der Waals surface area contributed by atoms with E-state index >= 15 is 0 Å². The maximum Gasteiger partial charge on any atom is 0.124 e. The van der Waals surface area contributed by atoms with E-state index in [2.05, 4.69) is 0 Å². The Morgan fingerprint density at radius 3 is 2.27 bits per heavy atom. The molecule has 0 bridgehead atoms. The standard InChI is InChI=1S/C8H6Cl2O/c9-7-2-1-3-8(10)6(7)4-5-11/h1-3,5H,4H2. The minimum absolute atomic E-state index is 0.276. The monoisotopic (exact) mass is 188 g/mol. The van der Waals surface area contributed by atoms with Crippen LogP contribution < -0.4 is 0 Å². The Morgan fingerprint density at radius 1 is 1.27 bits per heavy atom. The molecule has 1 aromatic carbocycles. The summed E-state index contributed by atoms with van der Waals surface area (Å²) in [5.74, 6) is 0. The average Bonchev–Trinajstić information content (AvgIpc) is 1.97. The van der Waals surface area contributed by atoms with E-state index in [0.29, 0.717) is 15.6 Å². The predicted molar refractivity (Wildman–Crippen MR) is 46.2 cm³/mol. The molecular formula is C8H6Cl2O. The van der Waals surface area contributed by atoms with Gasteiger partial charge in [-0.2, -0.15) is 0 Å². The Bertz CT molecular complexity index is 251. The zero-order chi connectivity index (χ0) is 8.27. The summed E-state index contributed by atoms with van der Waals surface area (Å²) in [5.41, 5.74) is 0.700. The van der Waals surface area contributed by atoms with Gasteiger partial charge in [-0.15, -0.1) is 0 Å². The molecule has 0 aliphatic rings. The van der Waals surface area contributed by atoms with Gasteiger partial charge in [-0.25, -0.2) is 0 Å². The van der Waals surface area contributed by atoms with Crippen molar-refractivity contribution in [3.63, 3.8) is 0 Å². The largest absolute Gasteiger partial charge is 0.303 e. The van der Waals surface area contributed by atoms with Crippen LogP contribution in [0.25, 0.3) is 0 Å². The predicted octanol–water partition coefficient (Wildman–Crippen LogP) is 2.73. The number of hydrogen-bond donors (Lipinski definition) is 0. The molecule has 0 spiro atoms. The zero-order valence-corrected chi connectivity index (χ0v) is 7.19. The molecule has 11 heavy (non-hydrogen) atoms. The fourth-order valence-electron chi connectivity index (χ4n) is 0.811. The fraction of sp³-hybridized carbons (Fsp3) is 0.125. The highest BCUT2D eigenvalue weighted by Crippen LogP contribution is 2.23. The molecule has 3 heteroatoms. The number of aldehydes is 1. The van der Waals surface area contributed by atoms with E-state index < -0.39 is 0 Å². The Balaban J connectivity index is 3.09. The first kappa shape index (κ1) is 8.57. The van der Waals surface area contributed by atoms with Gasteiger partial charge in [0.25, 0.3) is 0 Å². The number of hydrogen-bond acceptors (Lipinski definition) is 1. The van der Waals surface area contributed by atoms with Gasteiger partial charge < -0.3 is 4.79 Å². The molecule has 0 atom stereocenters. The third-order valence-corrected chi connectivity index (χ3v) is 2.06. The van der Waals surface area contributed by atoms with Crippen molar-refractivity contribution in [2.24, 2.45) is 0 Å². The van der Waals surface area contributed by atoms with Crippen LogP contribution in [-0.4, -0.2) is 6.29 Å². The van der Waals surface area contributed by atoms with Crippen LogP contribution in [0.4, 0.5) is 0 Å².